The van der Waals surface area contributed by atoms with Crippen LogP contribution < -0.4 is 5.73 Å². The van der Waals surface area contributed by atoms with Gasteiger partial charge in [0.15, 0.2) is 0 Å². The number of carbonyl (C=O) groups is 1. The van der Waals surface area contributed by atoms with Crippen LogP contribution in [0.2, 0.25) is 0 Å². The van der Waals surface area contributed by atoms with Gasteiger partial charge >= 0.3 is 0 Å². The van der Waals surface area contributed by atoms with Crippen LogP contribution in [0, 0.1) is 11.3 Å². The maximum absolute atomic E-state index is 11.8. The van der Waals surface area contributed by atoms with Crippen molar-refractivity contribution in [2.75, 3.05) is 13.1 Å². The van der Waals surface area contributed by atoms with Crippen LogP contribution in [-0.4, -0.2) is 29.9 Å². The third kappa shape index (κ3) is 1.57. The molecule has 1 amide bonds. The van der Waals surface area contributed by atoms with E-state index < -0.39 is 0 Å². The molecule has 2 rings (SSSR count). The zero-order valence-electron chi connectivity index (χ0n) is 8.42. The van der Waals surface area contributed by atoms with Gasteiger partial charge in [0.1, 0.15) is 0 Å². The molecule has 1 saturated heterocycles. The number of hydrogen-bond acceptors (Lipinski definition) is 2. The summed E-state index contributed by atoms with van der Waals surface area (Å²) in [7, 11) is 0. The van der Waals surface area contributed by atoms with E-state index in [0.717, 1.165) is 25.9 Å². The van der Waals surface area contributed by atoms with Crippen LogP contribution in [0.15, 0.2) is 0 Å². The predicted octanol–water partition coefficient (Wildman–Crippen LogP) is 0.592. The van der Waals surface area contributed by atoms with Crippen molar-refractivity contribution in [3.8, 4) is 0 Å². The number of hydrogen-bond donors (Lipinski definition) is 1. The first-order valence-corrected chi connectivity index (χ1v) is 5.05. The molecule has 13 heavy (non-hydrogen) atoms. The van der Waals surface area contributed by atoms with Gasteiger partial charge in [0.25, 0.3) is 0 Å². The van der Waals surface area contributed by atoms with E-state index in [4.69, 9.17) is 5.73 Å². The van der Waals surface area contributed by atoms with Crippen LogP contribution in [0.25, 0.3) is 0 Å². The number of carbonyl (C=O) groups excluding carboxylic acids is 1. The van der Waals surface area contributed by atoms with Crippen LogP contribution in [-0.2, 0) is 4.79 Å². The second-order valence-electron chi connectivity index (χ2n) is 5.08. The maximum atomic E-state index is 11.8. The van der Waals surface area contributed by atoms with E-state index in [0.29, 0.717) is 5.91 Å². The van der Waals surface area contributed by atoms with Crippen LogP contribution in [0.4, 0.5) is 0 Å². The van der Waals surface area contributed by atoms with Gasteiger partial charge in [-0.1, -0.05) is 13.8 Å². The first-order chi connectivity index (χ1) is 6.00. The molecule has 1 unspecified atom stereocenters. The van der Waals surface area contributed by atoms with E-state index >= 15 is 0 Å². The Kier molecular flexibility index (Phi) is 1.88. The Morgan fingerprint density at radius 3 is 2.54 bits per heavy atom. The zero-order valence-corrected chi connectivity index (χ0v) is 8.42. The summed E-state index contributed by atoms with van der Waals surface area (Å²) in [5.74, 6) is 0.607. The van der Waals surface area contributed by atoms with Gasteiger partial charge in [-0.15, -0.1) is 0 Å². The average molecular weight is 182 g/mol. The highest BCUT2D eigenvalue weighted by atomic mass is 16.2. The maximum Gasteiger partial charge on any atom is 0.226 e. The Balaban J connectivity index is 1.92. The molecule has 0 bridgehead atoms. The second kappa shape index (κ2) is 2.71. The summed E-state index contributed by atoms with van der Waals surface area (Å²) in [6.45, 7) is 5.95. The minimum Gasteiger partial charge on any atom is -0.341 e. The van der Waals surface area contributed by atoms with E-state index in [-0.39, 0.29) is 17.4 Å². The average Bonchev–Trinajstić information content (AvgIpc) is 2.47. The summed E-state index contributed by atoms with van der Waals surface area (Å²) in [5, 5.41) is 0. The third-order valence-corrected chi connectivity index (χ3v) is 3.35. The molecular formula is C10H18N2O. The predicted molar refractivity (Wildman–Crippen MR) is 51.1 cm³/mol. The topological polar surface area (TPSA) is 46.3 Å². The quantitative estimate of drug-likeness (QED) is 0.645. The van der Waals surface area contributed by atoms with Gasteiger partial charge in [0.2, 0.25) is 5.91 Å². The molecule has 2 aliphatic rings. The summed E-state index contributed by atoms with van der Waals surface area (Å²) in [6.07, 6.45) is 2.02. The molecule has 0 spiro atoms. The molecule has 1 aliphatic heterocycles. The minimum absolute atomic E-state index is 0.214. The number of nitrogens with two attached hydrogens (primary N) is 1. The van der Waals surface area contributed by atoms with E-state index in [9.17, 15) is 4.79 Å². The van der Waals surface area contributed by atoms with Crippen LogP contribution in [0.5, 0.6) is 0 Å². The molecule has 3 heteroatoms. The van der Waals surface area contributed by atoms with Gasteiger partial charge in [-0.05, 0) is 18.3 Å². The Labute approximate surface area is 79.3 Å². The number of nitrogens with zero attached hydrogens (tertiary/aromatic N) is 1. The van der Waals surface area contributed by atoms with Crippen molar-refractivity contribution in [2.24, 2.45) is 17.1 Å². The fraction of sp³-hybridized carbons (Fsp3) is 0.900. The molecule has 0 radical (unpaired) electrons. The first kappa shape index (κ1) is 9.00. The fourth-order valence-electron chi connectivity index (χ4n) is 2.10. The van der Waals surface area contributed by atoms with Gasteiger partial charge in [0, 0.05) is 25.0 Å². The van der Waals surface area contributed by atoms with Crippen molar-refractivity contribution in [1.82, 2.24) is 4.90 Å². The van der Waals surface area contributed by atoms with Crippen LogP contribution >= 0.6 is 0 Å². The number of likely N-dealkylation sites (tertiary alicyclic amines) is 1. The summed E-state index contributed by atoms with van der Waals surface area (Å²) in [5.41, 5.74) is 6.01. The number of rotatable bonds is 1. The molecule has 1 heterocycles. The summed E-state index contributed by atoms with van der Waals surface area (Å²) >= 11 is 0. The van der Waals surface area contributed by atoms with Gasteiger partial charge in [-0.3, -0.25) is 4.79 Å². The van der Waals surface area contributed by atoms with E-state index in [1.54, 1.807) is 0 Å². The molecule has 1 saturated carbocycles. The lowest BCUT2D eigenvalue weighted by Crippen LogP contribution is -2.33. The SMILES string of the molecule is CC1(C)CC1C(=O)N1CC[C@@H](N)C1. The molecule has 74 valence electrons. The van der Waals surface area contributed by atoms with E-state index in [2.05, 4.69) is 13.8 Å². The van der Waals surface area contributed by atoms with Gasteiger partial charge in [-0.25, -0.2) is 0 Å². The molecule has 2 N–H and O–H groups in total. The Bertz CT molecular complexity index is 237. The van der Waals surface area contributed by atoms with Crippen molar-refractivity contribution in [1.29, 1.82) is 0 Å². The molecule has 0 aromatic heterocycles. The standard InChI is InChI=1S/C10H18N2O/c1-10(2)5-8(10)9(13)12-4-3-7(11)6-12/h7-8H,3-6,11H2,1-2H3/t7-,8?/m1/s1. The van der Waals surface area contributed by atoms with Crippen molar-refractivity contribution < 1.29 is 4.79 Å². The normalized spacial score (nSPS) is 36.4. The first-order valence-electron chi connectivity index (χ1n) is 5.05. The smallest absolute Gasteiger partial charge is 0.226 e. The highest BCUT2D eigenvalue weighted by Gasteiger charge is 2.52. The Hall–Kier alpha value is -0.570. The highest BCUT2D eigenvalue weighted by Crippen LogP contribution is 2.52. The lowest BCUT2D eigenvalue weighted by Gasteiger charge is -2.16. The molecule has 1 aliphatic carbocycles. The molecule has 3 nitrogen and oxygen atoms in total. The van der Waals surface area contributed by atoms with Crippen LogP contribution in [0.3, 0.4) is 0 Å². The molecule has 2 atom stereocenters. The molecule has 0 aromatic rings. The second-order valence-corrected chi connectivity index (χ2v) is 5.08. The van der Waals surface area contributed by atoms with Gasteiger partial charge < -0.3 is 10.6 Å². The van der Waals surface area contributed by atoms with Crippen molar-refractivity contribution in [3.05, 3.63) is 0 Å². The van der Waals surface area contributed by atoms with Gasteiger partial charge in [0.05, 0.1) is 0 Å². The van der Waals surface area contributed by atoms with Crippen molar-refractivity contribution in [2.45, 2.75) is 32.7 Å². The number of amides is 1. The van der Waals surface area contributed by atoms with Crippen molar-refractivity contribution in [3.63, 3.8) is 0 Å². The summed E-state index contributed by atoms with van der Waals surface area (Å²) < 4.78 is 0. The minimum atomic E-state index is 0.214. The third-order valence-electron chi connectivity index (χ3n) is 3.35. The fourth-order valence-corrected chi connectivity index (χ4v) is 2.10. The summed E-state index contributed by atoms with van der Waals surface area (Å²) in [6, 6.07) is 0.214. The summed E-state index contributed by atoms with van der Waals surface area (Å²) in [4.78, 5) is 13.8. The van der Waals surface area contributed by atoms with Crippen molar-refractivity contribution >= 4 is 5.91 Å². The molecule has 0 aromatic carbocycles. The van der Waals surface area contributed by atoms with Crippen LogP contribution in [0.1, 0.15) is 26.7 Å². The Morgan fingerprint density at radius 1 is 1.54 bits per heavy atom. The molecule has 2 fully saturated rings. The largest absolute Gasteiger partial charge is 0.341 e. The lowest BCUT2D eigenvalue weighted by atomic mass is 10.1. The molecular weight excluding hydrogens is 164 g/mol. The zero-order chi connectivity index (χ0) is 9.64. The van der Waals surface area contributed by atoms with E-state index in [1.165, 1.54) is 0 Å². The van der Waals surface area contributed by atoms with E-state index in [1.807, 2.05) is 4.90 Å². The highest BCUT2D eigenvalue weighted by molar-refractivity contribution is 5.82. The lowest BCUT2D eigenvalue weighted by molar-refractivity contribution is -0.132. The van der Waals surface area contributed by atoms with Gasteiger partial charge in [-0.2, -0.15) is 0 Å². The monoisotopic (exact) mass is 182 g/mol. The Morgan fingerprint density at radius 2 is 2.15 bits per heavy atom.